The maximum absolute atomic E-state index is 11.1. The van der Waals surface area contributed by atoms with Crippen LogP contribution in [0.15, 0.2) is 0 Å². The Labute approximate surface area is 80.3 Å². The zero-order chi connectivity index (χ0) is 10.7. The van der Waals surface area contributed by atoms with E-state index in [0.29, 0.717) is 6.42 Å². The molecule has 0 aliphatic rings. The third-order valence-electron chi connectivity index (χ3n) is 2.77. The van der Waals surface area contributed by atoms with Gasteiger partial charge in [-0.1, -0.05) is 27.7 Å². The number of nitrogens with two attached hydrogens (primary N) is 1. The summed E-state index contributed by atoms with van der Waals surface area (Å²) in [5, 5.41) is 9.18. The van der Waals surface area contributed by atoms with Crippen LogP contribution in [0.1, 0.15) is 40.5 Å². The van der Waals surface area contributed by atoms with Crippen molar-refractivity contribution in [2.45, 2.75) is 40.5 Å². The highest BCUT2D eigenvalue weighted by Crippen LogP contribution is 2.35. The highest BCUT2D eigenvalue weighted by molar-refractivity contribution is 5.79. The molecule has 0 bridgehead atoms. The fourth-order valence-electron chi connectivity index (χ4n) is 1.45. The zero-order valence-electron chi connectivity index (χ0n) is 9.05. The molecule has 0 spiro atoms. The van der Waals surface area contributed by atoms with Gasteiger partial charge in [-0.2, -0.15) is 0 Å². The Hall–Kier alpha value is -0.570. The predicted octanol–water partition coefficient (Wildman–Crippen LogP) is 1.30. The number of primary amides is 1. The molecule has 0 aliphatic heterocycles. The van der Waals surface area contributed by atoms with Gasteiger partial charge >= 0.3 is 0 Å². The van der Waals surface area contributed by atoms with E-state index in [-0.39, 0.29) is 17.9 Å². The van der Waals surface area contributed by atoms with Gasteiger partial charge in [-0.05, 0) is 18.3 Å². The molecule has 0 aromatic carbocycles. The summed E-state index contributed by atoms with van der Waals surface area (Å²) in [5.41, 5.74) is 4.54. The van der Waals surface area contributed by atoms with Crippen LogP contribution < -0.4 is 5.73 Å². The predicted molar refractivity (Wildman–Crippen MR) is 53.1 cm³/mol. The van der Waals surface area contributed by atoms with Gasteiger partial charge in [0.2, 0.25) is 5.91 Å². The molecule has 3 heteroatoms. The fourth-order valence-corrected chi connectivity index (χ4v) is 1.45. The second-order valence-corrected chi connectivity index (χ2v) is 4.75. The van der Waals surface area contributed by atoms with Gasteiger partial charge in [-0.15, -0.1) is 0 Å². The molecule has 0 rings (SSSR count). The monoisotopic (exact) mass is 187 g/mol. The molecule has 13 heavy (non-hydrogen) atoms. The van der Waals surface area contributed by atoms with Crippen molar-refractivity contribution < 1.29 is 9.90 Å². The van der Waals surface area contributed by atoms with Crippen molar-refractivity contribution in [3.05, 3.63) is 0 Å². The van der Waals surface area contributed by atoms with Crippen molar-refractivity contribution in [3.8, 4) is 0 Å². The van der Waals surface area contributed by atoms with Crippen LogP contribution in [0.4, 0.5) is 0 Å². The van der Waals surface area contributed by atoms with Crippen molar-refractivity contribution >= 4 is 5.91 Å². The van der Waals surface area contributed by atoms with E-state index in [2.05, 4.69) is 0 Å². The largest absolute Gasteiger partial charge is 0.396 e. The average Bonchev–Trinajstić information content (AvgIpc) is 2.03. The van der Waals surface area contributed by atoms with Crippen LogP contribution in [0.3, 0.4) is 0 Å². The van der Waals surface area contributed by atoms with Crippen molar-refractivity contribution in [1.82, 2.24) is 0 Å². The highest BCUT2D eigenvalue weighted by atomic mass is 16.3. The lowest BCUT2D eigenvalue weighted by Gasteiger charge is -2.33. The summed E-state index contributed by atoms with van der Waals surface area (Å²) < 4.78 is 0. The van der Waals surface area contributed by atoms with Crippen LogP contribution >= 0.6 is 0 Å². The molecule has 1 amide bonds. The first-order chi connectivity index (χ1) is 5.77. The SMILES string of the molecule is CCC(C)(CO)CC(C)(C)C(N)=O. The second kappa shape index (κ2) is 4.09. The summed E-state index contributed by atoms with van der Waals surface area (Å²) in [5.74, 6) is -0.305. The summed E-state index contributed by atoms with van der Waals surface area (Å²) in [6.07, 6.45) is 1.47. The first-order valence-corrected chi connectivity index (χ1v) is 4.68. The molecular formula is C10H21NO2. The number of amides is 1. The third kappa shape index (κ3) is 3.35. The van der Waals surface area contributed by atoms with Crippen LogP contribution in [-0.2, 0) is 4.79 Å². The molecule has 1 unspecified atom stereocenters. The van der Waals surface area contributed by atoms with Gasteiger partial charge in [0.15, 0.2) is 0 Å². The molecular weight excluding hydrogens is 166 g/mol. The maximum atomic E-state index is 11.1. The average molecular weight is 187 g/mol. The van der Waals surface area contributed by atoms with Gasteiger partial charge in [0.05, 0.1) is 0 Å². The highest BCUT2D eigenvalue weighted by Gasteiger charge is 2.34. The van der Waals surface area contributed by atoms with Crippen LogP contribution in [0.25, 0.3) is 0 Å². The molecule has 0 saturated heterocycles. The summed E-state index contributed by atoms with van der Waals surface area (Å²) in [4.78, 5) is 11.1. The van der Waals surface area contributed by atoms with Gasteiger partial charge < -0.3 is 10.8 Å². The minimum absolute atomic E-state index is 0.0974. The topological polar surface area (TPSA) is 63.3 Å². The first-order valence-electron chi connectivity index (χ1n) is 4.68. The Morgan fingerprint density at radius 2 is 1.85 bits per heavy atom. The molecule has 3 nitrogen and oxygen atoms in total. The molecule has 0 aromatic rings. The number of aliphatic hydroxyl groups excluding tert-OH is 1. The summed E-state index contributed by atoms with van der Waals surface area (Å²) in [6.45, 7) is 7.71. The van der Waals surface area contributed by atoms with E-state index in [0.717, 1.165) is 6.42 Å². The lowest BCUT2D eigenvalue weighted by atomic mass is 9.72. The molecule has 3 N–H and O–H groups in total. The van der Waals surface area contributed by atoms with Crippen LogP contribution in [0, 0.1) is 10.8 Å². The quantitative estimate of drug-likeness (QED) is 0.681. The Morgan fingerprint density at radius 1 is 1.38 bits per heavy atom. The second-order valence-electron chi connectivity index (χ2n) is 4.75. The molecule has 0 fully saturated rings. The van der Waals surface area contributed by atoms with Crippen molar-refractivity contribution in [2.24, 2.45) is 16.6 Å². The Bertz CT molecular complexity index is 183. The van der Waals surface area contributed by atoms with Crippen molar-refractivity contribution in [2.75, 3.05) is 6.61 Å². The van der Waals surface area contributed by atoms with E-state index in [9.17, 15) is 9.90 Å². The van der Waals surface area contributed by atoms with E-state index in [4.69, 9.17) is 5.73 Å². The van der Waals surface area contributed by atoms with Gasteiger partial charge in [0, 0.05) is 12.0 Å². The number of hydrogen-bond donors (Lipinski definition) is 2. The van der Waals surface area contributed by atoms with Crippen molar-refractivity contribution in [3.63, 3.8) is 0 Å². The standard InChI is InChI=1S/C10H21NO2/c1-5-10(4,7-12)6-9(2,3)8(11)13/h12H,5-7H2,1-4H3,(H2,11,13). The van der Waals surface area contributed by atoms with E-state index in [1.54, 1.807) is 0 Å². The third-order valence-corrected chi connectivity index (χ3v) is 2.77. The summed E-state index contributed by atoms with van der Waals surface area (Å²) in [6, 6.07) is 0. The van der Waals surface area contributed by atoms with E-state index in [1.807, 2.05) is 27.7 Å². The van der Waals surface area contributed by atoms with E-state index < -0.39 is 5.41 Å². The minimum atomic E-state index is -0.534. The lowest BCUT2D eigenvalue weighted by molar-refractivity contribution is -0.128. The zero-order valence-corrected chi connectivity index (χ0v) is 9.05. The molecule has 0 heterocycles. The Balaban J connectivity index is 4.48. The smallest absolute Gasteiger partial charge is 0.223 e. The minimum Gasteiger partial charge on any atom is -0.396 e. The van der Waals surface area contributed by atoms with Crippen molar-refractivity contribution in [1.29, 1.82) is 0 Å². The summed E-state index contributed by atoms with van der Waals surface area (Å²) in [7, 11) is 0. The van der Waals surface area contributed by atoms with Gasteiger partial charge in [0.25, 0.3) is 0 Å². The molecule has 0 saturated carbocycles. The Morgan fingerprint density at radius 3 is 2.08 bits per heavy atom. The fraction of sp³-hybridized carbons (Fsp3) is 0.900. The number of rotatable bonds is 5. The first kappa shape index (κ1) is 12.4. The summed E-state index contributed by atoms with van der Waals surface area (Å²) >= 11 is 0. The van der Waals surface area contributed by atoms with Gasteiger partial charge in [-0.3, -0.25) is 4.79 Å². The van der Waals surface area contributed by atoms with Gasteiger partial charge in [0.1, 0.15) is 0 Å². The normalized spacial score (nSPS) is 16.7. The van der Waals surface area contributed by atoms with Crippen LogP contribution in [-0.4, -0.2) is 17.6 Å². The maximum Gasteiger partial charge on any atom is 0.223 e. The molecule has 0 aromatic heterocycles. The Kier molecular flexibility index (Phi) is 3.91. The molecule has 78 valence electrons. The number of hydrogen-bond acceptors (Lipinski definition) is 2. The van der Waals surface area contributed by atoms with Crippen LogP contribution in [0.5, 0.6) is 0 Å². The van der Waals surface area contributed by atoms with Crippen LogP contribution in [0.2, 0.25) is 0 Å². The number of aliphatic hydroxyl groups is 1. The van der Waals surface area contributed by atoms with E-state index in [1.165, 1.54) is 0 Å². The number of carbonyl (C=O) groups is 1. The number of carbonyl (C=O) groups excluding carboxylic acids is 1. The molecule has 0 radical (unpaired) electrons. The van der Waals surface area contributed by atoms with E-state index >= 15 is 0 Å². The lowest BCUT2D eigenvalue weighted by Crippen LogP contribution is -2.37. The van der Waals surface area contributed by atoms with Gasteiger partial charge in [-0.25, -0.2) is 0 Å². The molecule has 1 atom stereocenters. The molecule has 0 aliphatic carbocycles.